The first kappa shape index (κ1) is 13.6. The molecule has 0 aliphatic carbocycles. The lowest BCUT2D eigenvalue weighted by atomic mass is 10.1. The lowest BCUT2D eigenvalue weighted by molar-refractivity contribution is 0.184. The molecule has 3 rings (SSSR count). The number of nitrogens with one attached hydrogen (secondary N) is 1. The van der Waals surface area contributed by atoms with Crippen molar-refractivity contribution in [1.82, 2.24) is 9.88 Å². The van der Waals surface area contributed by atoms with Crippen LogP contribution in [0.5, 0.6) is 5.75 Å². The third kappa shape index (κ3) is 3.04. The van der Waals surface area contributed by atoms with Crippen LogP contribution in [0.2, 0.25) is 0 Å². The molecule has 6 nitrogen and oxygen atoms in total. The van der Waals surface area contributed by atoms with Gasteiger partial charge in [-0.3, -0.25) is 9.79 Å². The van der Waals surface area contributed by atoms with Crippen LogP contribution in [0.3, 0.4) is 0 Å². The normalized spacial score (nSPS) is 16.3. The average molecular weight is 296 g/mol. The van der Waals surface area contributed by atoms with E-state index in [1.165, 1.54) is 6.42 Å². The standard InChI is InChI=1S/C13H17N2O4P/c16-20(17,18)19-11-2-3-13-12(8-11)10(9-14-13)4-7-15-5-1-6-15/h2-3,8-9,14H,1,4-7H2,(H2,16,17,18). The minimum atomic E-state index is -4.51. The Morgan fingerprint density at radius 2 is 2.15 bits per heavy atom. The fraction of sp³-hybridized carbons (Fsp3) is 0.385. The SMILES string of the molecule is O=P(O)(O)Oc1ccc2[nH]cc(CCN3CCC3)c2c1. The maximum Gasteiger partial charge on any atom is 0.524 e. The maximum atomic E-state index is 10.9. The predicted molar refractivity (Wildman–Crippen MR) is 75.7 cm³/mol. The van der Waals surface area contributed by atoms with E-state index in [0.717, 1.165) is 42.5 Å². The Kier molecular flexibility index (Phi) is 3.56. The summed E-state index contributed by atoms with van der Waals surface area (Å²) in [6, 6.07) is 5.00. The molecule has 0 amide bonds. The molecule has 1 aliphatic heterocycles. The lowest BCUT2D eigenvalue weighted by Crippen LogP contribution is -2.38. The van der Waals surface area contributed by atoms with Crippen LogP contribution >= 0.6 is 7.82 Å². The van der Waals surface area contributed by atoms with Crippen LogP contribution in [-0.4, -0.2) is 39.3 Å². The summed E-state index contributed by atoms with van der Waals surface area (Å²) in [6.07, 6.45) is 4.14. The molecule has 108 valence electrons. The van der Waals surface area contributed by atoms with Crippen LogP contribution in [0.15, 0.2) is 24.4 Å². The van der Waals surface area contributed by atoms with Gasteiger partial charge in [-0.05, 0) is 49.7 Å². The molecule has 2 heterocycles. The van der Waals surface area contributed by atoms with Gasteiger partial charge in [0.1, 0.15) is 5.75 Å². The number of nitrogens with zero attached hydrogens (tertiary/aromatic N) is 1. The molecule has 0 spiro atoms. The van der Waals surface area contributed by atoms with E-state index >= 15 is 0 Å². The summed E-state index contributed by atoms with van der Waals surface area (Å²) in [5, 5.41) is 0.955. The largest absolute Gasteiger partial charge is 0.524 e. The first-order valence-electron chi connectivity index (χ1n) is 6.59. The zero-order valence-corrected chi connectivity index (χ0v) is 11.8. The number of phosphoric acid groups is 1. The molecule has 2 aromatic rings. The second-order valence-corrected chi connectivity index (χ2v) is 6.21. The van der Waals surface area contributed by atoms with Crippen LogP contribution < -0.4 is 4.52 Å². The van der Waals surface area contributed by atoms with E-state index in [2.05, 4.69) is 14.4 Å². The molecular formula is C13H17N2O4P. The van der Waals surface area contributed by atoms with Gasteiger partial charge in [0, 0.05) is 23.6 Å². The first-order chi connectivity index (χ1) is 9.51. The van der Waals surface area contributed by atoms with Gasteiger partial charge in [-0.1, -0.05) is 0 Å². The van der Waals surface area contributed by atoms with E-state index in [1.54, 1.807) is 18.2 Å². The smallest absolute Gasteiger partial charge is 0.404 e. The number of H-pyrrole nitrogens is 1. The number of aromatic amines is 1. The van der Waals surface area contributed by atoms with E-state index in [-0.39, 0.29) is 5.75 Å². The van der Waals surface area contributed by atoms with Crippen molar-refractivity contribution >= 4 is 18.7 Å². The molecule has 7 heteroatoms. The molecule has 3 N–H and O–H groups in total. The van der Waals surface area contributed by atoms with Crippen molar-refractivity contribution in [1.29, 1.82) is 0 Å². The monoisotopic (exact) mass is 296 g/mol. The van der Waals surface area contributed by atoms with Gasteiger partial charge in [0.2, 0.25) is 0 Å². The van der Waals surface area contributed by atoms with Gasteiger partial charge < -0.3 is 14.4 Å². The summed E-state index contributed by atoms with van der Waals surface area (Å²) in [5.41, 5.74) is 2.09. The third-order valence-corrected chi connectivity index (χ3v) is 4.06. The van der Waals surface area contributed by atoms with Crippen molar-refractivity contribution in [3.05, 3.63) is 30.0 Å². The van der Waals surface area contributed by atoms with Gasteiger partial charge in [0.15, 0.2) is 0 Å². The Hall–Kier alpha value is -1.33. The van der Waals surface area contributed by atoms with Crippen LogP contribution in [0.4, 0.5) is 0 Å². The molecule has 0 saturated carbocycles. The molecule has 1 aromatic carbocycles. The highest BCUT2D eigenvalue weighted by Gasteiger charge is 2.17. The summed E-state index contributed by atoms with van der Waals surface area (Å²) >= 11 is 0. The van der Waals surface area contributed by atoms with Crippen molar-refractivity contribution in [3.8, 4) is 5.75 Å². The van der Waals surface area contributed by atoms with Crippen LogP contribution in [-0.2, 0) is 11.0 Å². The van der Waals surface area contributed by atoms with Crippen LogP contribution in [0, 0.1) is 0 Å². The lowest BCUT2D eigenvalue weighted by Gasteiger charge is -2.30. The number of phosphoric ester groups is 1. The van der Waals surface area contributed by atoms with Crippen molar-refractivity contribution in [2.24, 2.45) is 0 Å². The number of rotatable bonds is 5. The van der Waals surface area contributed by atoms with E-state index in [4.69, 9.17) is 9.79 Å². The van der Waals surface area contributed by atoms with Crippen molar-refractivity contribution in [3.63, 3.8) is 0 Å². The number of hydrogen-bond donors (Lipinski definition) is 3. The molecule has 1 aliphatic rings. The zero-order chi connectivity index (χ0) is 14.2. The van der Waals surface area contributed by atoms with Crippen molar-refractivity contribution in [2.75, 3.05) is 19.6 Å². The molecule has 0 unspecified atom stereocenters. The Morgan fingerprint density at radius 1 is 1.35 bits per heavy atom. The quantitative estimate of drug-likeness (QED) is 0.734. The van der Waals surface area contributed by atoms with E-state index in [9.17, 15) is 4.57 Å². The fourth-order valence-electron chi connectivity index (χ4n) is 2.44. The van der Waals surface area contributed by atoms with Gasteiger partial charge in [-0.25, -0.2) is 4.57 Å². The highest BCUT2D eigenvalue weighted by Crippen LogP contribution is 2.38. The highest BCUT2D eigenvalue weighted by atomic mass is 31.2. The molecule has 0 radical (unpaired) electrons. The number of fused-ring (bicyclic) bond motifs is 1. The van der Waals surface area contributed by atoms with E-state index in [1.807, 2.05) is 6.20 Å². The molecule has 1 fully saturated rings. The molecule has 1 saturated heterocycles. The summed E-state index contributed by atoms with van der Waals surface area (Å²) < 4.78 is 15.5. The summed E-state index contributed by atoms with van der Waals surface area (Å²) in [4.78, 5) is 23.3. The van der Waals surface area contributed by atoms with Gasteiger partial charge >= 0.3 is 7.82 Å². The van der Waals surface area contributed by atoms with Gasteiger partial charge in [-0.2, -0.15) is 0 Å². The Bertz CT molecular complexity index is 659. The Morgan fingerprint density at radius 3 is 2.80 bits per heavy atom. The molecule has 20 heavy (non-hydrogen) atoms. The third-order valence-electron chi connectivity index (χ3n) is 3.61. The van der Waals surface area contributed by atoms with Crippen LogP contribution in [0.1, 0.15) is 12.0 Å². The topological polar surface area (TPSA) is 85.8 Å². The number of likely N-dealkylation sites (tertiary alicyclic amines) is 1. The van der Waals surface area contributed by atoms with Gasteiger partial charge in [0.05, 0.1) is 0 Å². The number of hydrogen-bond acceptors (Lipinski definition) is 3. The first-order valence-corrected chi connectivity index (χ1v) is 8.12. The number of benzene rings is 1. The average Bonchev–Trinajstić information content (AvgIpc) is 2.68. The minimum Gasteiger partial charge on any atom is -0.404 e. The highest BCUT2D eigenvalue weighted by molar-refractivity contribution is 7.46. The minimum absolute atomic E-state index is 0.190. The van der Waals surface area contributed by atoms with Gasteiger partial charge in [-0.15, -0.1) is 0 Å². The predicted octanol–water partition coefficient (Wildman–Crippen LogP) is 1.89. The zero-order valence-electron chi connectivity index (χ0n) is 11.0. The van der Waals surface area contributed by atoms with E-state index in [0.29, 0.717) is 0 Å². The second-order valence-electron chi connectivity index (χ2n) is 5.05. The van der Waals surface area contributed by atoms with Crippen LogP contribution in [0.25, 0.3) is 10.9 Å². The molecular weight excluding hydrogens is 279 g/mol. The second kappa shape index (κ2) is 5.22. The molecule has 0 bridgehead atoms. The van der Waals surface area contributed by atoms with Crippen molar-refractivity contribution < 1.29 is 18.9 Å². The van der Waals surface area contributed by atoms with Gasteiger partial charge in [0.25, 0.3) is 0 Å². The summed E-state index contributed by atoms with van der Waals surface area (Å²) in [7, 11) is -4.51. The Labute approximate surface area is 116 Å². The number of aromatic nitrogens is 1. The van der Waals surface area contributed by atoms with Crippen molar-refractivity contribution in [2.45, 2.75) is 12.8 Å². The van der Waals surface area contributed by atoms with E-state index < -0.39 is 7.82 Å². The molecule has 1 aromatic heterocycles. The summed E-state index contributed by atoms with van der Waals surface area (Å²) in [6.45, 7) is 3.33. The summed E-state index contributed by atoms with van der Waals surface area (Å²) in [5.74, 6) is 0.190. The fourth-order valence-corrected chi connectivity index (χ4v) is 2.83. The maximum absolute atomic E-state index is 10.9. The Balaban J connectivity index is 1.81. The molecule has 0 atom stereocenters.